The zero-order valence-corrected chi connectivity index (χ0v) is 10.6. The van der Waals surface area contributed by atoms with Crippen LogP contribution in [0, 0.1) is 0 Å². The largest absolute Gasteiger partial charge is 0.348 e. The minimum Gasteiger partial charge on any atom is -0.348 e. The van der Waals surface area contributed by atoms with Gasteiger partial charge in [-0.3, -0.25) is 0 Å². The Kier molecular flexibility index (Phi) is 3.44. The van der Waals surface area contributed by atoms with Crippen molar-refractivity contribution in [1.29, 1.82) is 0 Å². The third-order valence-corrected chi connectivity index (χ3v) is 2.80. The van der Waals surface area contributed by atoms with Gasteiger partial charge >= 0.3 is 0 Å². The van der Waals surface area contributed by atoms with Gasteiger partial charge in [-0.1, -0.05) is 0 Å². The second kappa shape index (κ2) is 4.44. The van der Waals surface area contributed by atoms with Gasteiger partial charge in [0.05, 0.1) is 12.7 Å². The summed E-state index contributed by atoms with van der Waals surface area (Å²) in [5.74, 6) is -1.92. The van der Waals surface area contributed by atoms with Crippen LogP contribution in [-0.2, 0) is 23.9 Å². The topological polar surface area (TPSA) is 46.2 Å². The number of halogens is 1. The molecule has 5 nitrogen and oxygen atoms in total. The van der Waals surface area contributed by atoms with E-state index >= 15 is 0 Å². The zero-order chi connectivity index (χ0) is 12.7. The molecular weight excluding hydrogens is 231 g/mol. The summed E-state index contributed by atoms with van der Waals surface area (Å²) in [4.78, 5) is 3.72. The van der Waals surface area contributed by atoms with E-state index in [0.717, 1.165) is 0 Å². The smallest absolute Gasteiger partial charge is 0.204 e. The van der Waals surface area contributed by atoms with E-state index in [0.29, 0.717) is 13.0 Å². The molecule has 0 aromatic rings. The van der Waals surface area contributed by atoms with E-state index in [-0.39, 0.29) is 12.2 Å². The van der Waals surface area contributed by atoms with Gasteiger partial charge in [0, 0.05) is 6.42 Å². The van der Waals surface area contributed by atoms with Crippen LogP contribution in [0.15, 0.2) is 0 Å². The number of rotatable bonds is 3. The summed E-state index contributed by atoms with van der Waals surface area (Å²) < 4.78 is 34.3. The van der Waals surface area contributed by atoms with Crippen LogP contribution in [0.25, 0.3) is 0 Å². The molecule has 17 heavy (non-hydrogen) atoms. The average Bonchev–Trinajstić information content (AvgIpc) is 2.56. The van der Waals surface area contributed by atoms with Crippen molar-refractivity contribution < 1.29 is 28.4 Å². The number of ether oxygens (including phenoxy) is 4. The Bertz CT molecular complexity index is 281. The summed E-state index contributed by atoms with van der Waals surface area (Å²) in [7, 11) is 0. The monoisotopic (exact) mass is 250 g/mol. The molecule has 0 aromatic heterocycles. The Hall–Kier alpha value is -0.270. The van der Waals surface area contributed by atoms with Crippen molar-refractivity contribution in [3.63, 3.8) is 0 Å². The van der Waals surface area contributed by atoms with Gasteiger partial charge in [0.15, 0.2) is 12.1 Å². The Morgan fingerprint density at radius 2 is 2.00 bits per heavy atom. The van der Waals surface area contributed by atoms with E-state index in [1.807, 2.05) is 13.8 Å². The predicted octanol–water partition coefficient (Wildman–Crippen LogP) is 1.91. The Balaban J connectivity index is 1.91. The van der Waals surface area contributed by atoms with E-state index in [2.05, 4.69) is 4.94 Å². The minimum atomic E-state index is -1.31. The highest BCUT2D eigenvalue weighted by atomic mass is 19.3. The molecule has 0 amide bonds. The van der Waals surface area contributed by atoms with E-state index in [1.54, 1.807) is 0 Å². The molecule has 2 aliphatic rings. The first kappa shape index (κ1) is 13.2. The zero-order valence-electron chi connectivity index (χ0n) is 10.6. The van der Waals surface area contributed by atoms with Gasteiger partial charge in [0.25, 0.3) is 0 Å². The molecular formula is C11H19FO5. The molecule has 2 aliphatic heterocycles. The molecule has 0 bridgehead atoms. The van der Waals surface area contributed by atoms with Crippen molar-refractivity contribution in [1.82, 2.24) is 0 Å². The second-order valence-electron chi connectivity index (χ2n) is 5.30. The van der Waals surface area contributed by atoms with E-state index in [9.17, 15) is 4.53 Å². The third kappa shape index (κ3) is 3.14. The lowest BCUT2D eigenvalue weighted by Crippen LogP contribution is -2.46. The highest BCUT2D eigenvalue weighted by molar-refractivity contribution is 4.85. The minimum absolute atomic E-state index is 0.0841. The fraction of sp³-hybridized carbons (Fsp3) is 1.00. The summed E-state index contributed by atoms with van der Waals surface area (Å²) >= 11 is 0. The molecule has 2 saturated heterocycles. The van der Waals surface area contributed by atoms with Crippen molar-refractivity contribution >= 4 is 0 Å². The molecule has 3 atom stereocenters. The van der Waals surface area contributed by atoms with E-state index in [4.69, 9.17) is 18.9 Å². The fourth-order valence-electron chi connectivity index (χ4n) is 2.04. The van der Waals surface area contributed by atoms with Gasteiger partial charge in [-0.2, -0.15) is 4.94 Å². The quantitative estimate of drug-likeness (QED) is 0.716. The molecule has 2 rings (SSSR count). The summed E-state index contributed by atoms with van der Waals surface area (Å²) in [5, 5.41) is 0. The van der Waals surface area contributed by atoms with Crippen LogP contribution >= 0.6 is 0 Å². The summed E-state index contributed by atoms with van der Waals surface area (Å²) in [6, 6.07) is 0. The normalized spacial score (nSPS) is 36.9. The van der Waals surface area contributed by atoms with Crippen LogP contribution in [0.2, 0.25) is 0 Å². The standard InChI is InChI=1S/C11H19FO5/c1-10(2)13-6-8-7(15-10)5-9(14-8)16-11(3,4)17-12/h7-9H,5-6H2,1-4H3. The van der Waals surface area contributed by atoms with Crippen LogP contribution in [0.3, 0.4) is 0 Å². The van der Waals surface area contributed by atoms with Crippen molar-refractivity contribution in [2.45, 2.75) is 64.2 Å². The summed E-state index contributed by atoms with van der Waals surface area (Å²) in [6.45, 7) is 7.13. The van der Waals surface area contributed by atoms with Gasteiger partial charge in [-0.15, -0.1) is 0 Å². The maximum atomic E-state index is 12.2. The molecule has 0 saturated carbocycles. The number of hydrogen-bond acceptors (Lipinski definition) is 5. The molecule has 0 N–H and O–H groups in total. The molecule has 2 heterocycles. The lowest BCUT2D eigenvalue weighted by molar-refractivity contribution is -0.367. The van der Waals surface area contributed by atoms with Crippen LogP contribution in [0.1, 0.15) is 34.1 Å². The first-order chi connectivity index (χ1) is 7.81. The highest BCUT2D eigenvalue weighted by Crippen LogP contribution is 2.34. The Morgan fingerprint density at radius 3 is 2.65 bits per heavy atom. The van der Waals surface area contributed by atoms with Gasteiger partial charge in [-0.25, -0.2) is 0 Å². The highest BCUT2D eigenvalue weighted by Gasteiger charge is 2.46. The summed E-state index contributed by atoms with van der Waals surface area (Å²) in [6.07, 6.45) is -0.236. The SMILES string of the molecule is CC(C)(OF)OC1CC2OC(C)(C)OCC2O1. The number of fused-ring (bicyclic) bond motifs is 1. The third-order valence-electron chi connectivity index (χ3n) is 2.80. The molecule has 6 heteroatoms. The van der Waals surface area contributed by atoms with Crippen LogP contribution < -0.4 is 0 Å². The van der Waals surface area contributed by atoms with Gasteiger partial charge < -0.3 is 18.9 Å². The van der Waals surface area contributed by atoms with E-state index in [1.165, 1.54) is 13.8 Å². The Labute approximate surface area is 100 Å². The number of hydrogen-bond donors (Lipinski definition) is 0. The average molecular weight is 250 g/mol. The molecule has 0 aromatic carbocycles. The van der Waals surface area contributed by atoms with Crippen LogP contribution in [0.5, 0.6) is 0 Å². The molecule has 0 spiro atoms. The first-order valence-corrected chi connectivity index (χ1v) is 5.76. The van der Waals surface area contributed by atoms with Crippen molar-refractivity contribution in [2.24, 2.45) is 0 Å². The lowest BCUT2D eigenvalue weighted by Gasteiger charge is -2.36. The van der Waals surface area contributed by atoms with Gasteiger partial charge in [-0.05, 0) is 32.2 Å². The molecule has 0 radical (unpaired) electrons. The van der Waals surface area contributed by atoms with Crippen LogP contribution in [0.4, 0.5) is 4.53 Å². The van der Waals surface area contributed by atoms with Gasteiger partial charge in [0.1, 0.15) is 6.10 Å². The maximum Gasteiger partial charge on any atom is 0.204 e. The van der Waals surface area contributed by atoms with Crippen LogP contribution in [-0.4, -0.2) is 36.7 Å². The van der Waals surface area contributed by atoms with Crippen molar-refractivity contribution in [3.8, 4) is 0 Å². The lowest BCUT2D eigenvalue weighted by atomic mass is 10.1. The fourth-order valence-corrected chi connectivity index (χ4v) is 2.04. The predicted molar refractivity (Wildman–Crippen MR) is 55.5 cm³/mol. The van der Waals surface area contributed by atoms with Crippen molar-refractivity contribution in [3.05, 3.63) is 0 Å². The summed E-state index contributed by atoms with van der Waals surface area (Å²) in [5.41, 5.74) is 0. The van der Waals surface area contributed by atoms with E-state index < -0.39 is 17.9 Å². The molecule has 0 aliphatic carbocycles. The van der Waals surface area contributed by atoms with Crippen molar-refractivity contribution in [2.75, 3.05) is 6.61 Å². The maximum absolute atomic E-state index is 12.2. The molecule has 3 unspecified atom stereocenters. The van der Waals surface area contributed by atoms with Gasteiger partial charge in [0.2, 0.25) is 5.79 Å². The Morgan fingerprint density at radius 1 is 1.29 bits per heavy atom. The first-order valence-electron chi connectivity index (χ1n) is 5.76. The molecule has 2 fully saturated rings. The molecule has 100 valence electrons. The second-order valence-corrected chi connectivity index (χ2v) is 5.30.